The lowest BCUT2D eigenvalue weighted by Gasteiger charge is -2.27. The van der Waals surface area contributed by atoms with Gasteiger partial charge in [0.1, 0.15) is 10.9 Å². The third-order valence-corrected chi connectivity index (χ3v) is 7.44. The summed E-state index contributed by atoms with van der Waals surface area (Å²) in [7, 11) is -4.21. The smallest absolute Gasteiger partial charge is 0.338 e. The van der Waals surface area contributed by atoms with Crippen molar-refractivity contribution < 1.29 is 27.9 Å². The molecule has 0 aliphatic carbocycles. The SMILES string of the molecule is CCOC(=O)c1ccc(N2C(=O)C(O)=C(S(=O)(=O)c3ccccc3)[C@H]2c2ccc(C)cc2)cc1. The van der Waals surface area contributed by atoms with Gasteiger partial charge in [-0.15, -0.1) is 0 Å². The Balaban J connectivity index is 1.85. The quantitative estimate of drug-likeness (QED) is 0.525. The molecule has 3 aromatic rings. The molecular formula is C26H23NO6S. The van der Waals surface area contributed by atoms with Crippen LogP contribution >= 0.6 is 0 Å². The van der Waals surface area contributed by atoms with Gasteiger partial charge in [0.25, 0.3) is 5.91 Å². The summed E-state index contributed by atoms with van der Waals surface area (Å²) in [5.41, 5.74) is 2.10. The van der Waals surface area contributed by atoms with E-state index in [4.69, 9.17) is 4.74 Å². The zero-order valence-electron chi connectivity index (χ0n) is 18.6. The van der Waals surface area contributed by atoms with Gasteiger partial charge < -0.3 is 9.84 Å². The van der Waals surface area contributed by atoms with Crippen molar-refractivity contribution >= 4 is 27.4 Å². The highest BCUT2D eigenvalue weighted by atomic mass is 32.2. The summed E-state index contributed by atoms with van der Waals surface area (Å²) < 4.78 is 32.1. The van der Waals surface area contributed by atoms with Crippen LogP contribution in [0.15, 0.2) is 94.4 Å². The summed E-state index contributed by atoms with van der Waals surface area (Å²) in [4.78, 5) is 26.1. The van der Waals surface area contributed by atoms with Crippen LogP contribution in [0, 0.1) is 6.92 Å². The third kappa shape index (κ3) is 4.08. The van der Waals surface area contributed by atoms with Crippen molar-refractivity contribution in [2.75, 3.05) is 11.5 Å². The zero-order valence-corrected chi connectivity index (χ0v) is 19.5. The number of carbonyl (C=O) groups is 2. The molecule has 0 unspecified atom stereocenters. The fraction of sp³-hybridized carbons (Fsp3) is 0.154. The first kappa shape index (κ1) is 23.3. The molecule has 3 aromatic carbocycles. The van der Waals surface area contributed by atoms with E-state index < -0.39 is 33.5 Å². The maximum Gasteiger partial charge on any atom is 0.338 e. The van der Waals surface area contributed by atoms with E-state index >= 15 is 0 Å². The molecule has 0 fully saturated rings. The number of rotatable bonds is 6. The number of aliphatic hydroxyl groups excluding tert-OH is 1. The second-order valence-corrected chi connectivity index (χ2v) is 9.70. The average molecular weight is 478 g/mol. The zero-order chi connectivity index (χ0) is 24.5. The maximum atomic E-state index is 13.6. The lowest BCUT2D eigenvalue weighted by molar-refractivity contribution is -0.117. The molecule has 1 N–H and O–H groups in total. The van der Waals surface area contributed by atoms with E-state index in [1.54, 1.807) is 37.3 Å². The number of anilines is 1. The Hall–Kier alpha value is -3.91. The summed E-state index contributed by atoms with van der Waals surface area (Å²) >= 11 is 0. The van der Waals surface area contributed by atoms with Gasteiger partial charge in [-0.2, -0.15) is 0 Å². The molecule has 0 aromatic heterocycles. The van der Waals surface area contributed by atoms with Crippen molar-refractivity contribution in [2.45, 2.75) is 24.8 Å². The topological polar surface area (TPSA) is 101 Å². The van der Waals surface area contributed by atoms with Crippen LogP contribution in [0.4, 0.5) is 5.69 Å². The molecule has 174 valence electrons. The minimum absolute atomic E-state index is 0.0269. The Morgan fingerprint density at radius 1 is 0.971 bits per heavy atom. The van der Waals surface area contributed by atoms with Crippen LogP contribution in [-0.4, -0.2) is 32.0 Å². The molecule has 0 saturated carbocycles. The van der Waals surface area contributed by atoms with Crippen molar-refractivity contribution in [1.29, 1.82) is 0 Å². The van der Waals surface area contributed by atoms with Crippen LogP contribution < -0.4 is 4.90 Å². The number of ether oxygens (including phenoxy) is 1. The molecule has 0 saturated heterocycles. The predicted molar refractivity (Wildman–Crippen MR) is 127 cm³/mol. The van der Waals surface area contributed by atoms with Crippen molar-refractivity contribution in [3.63, 3.8) is 0 Å². The van der Waals surface area contributed by atoms with Gasteiger partial charge in [0.05, 0.1) is 17.1 Å². The first-order chi connectivity index (χ1) is 16.3. The maximum absolute atomic E-state index is 13.6. The number of hydrogen-bond donors (Lipinski definition) is 1. The molecule has 8 heteroatoms. The Morgan fingerprint density at radius 3 is 2.18 bits per heavy atom. The highest BCUT2D eigenvalue weighted by Crippen LogP contribution is 2.44. The highest BCUT2D eigenvalue weighted by molar-refractivity contribution is 7.95. The largest absolute Gasteiger partial charge is 0.502 e. The number of esters is 1. The predicted octanol–water partition coefficient (Wildman–Crippen LogP) is 4.50. The molecule has 1 heterocycles. The number of sulfone groups is 1. The van der Waals surface area contributed by atoms with Crippen LogP contribution in [0.1, 0.15) is 34.5 Å². The van der Waals surface area contributed by atoms with Crippen molar-refractivity contribution in [3.8, 4) is 0 Å². The Labute approximate surface area is 197 Å². The molecule has 0 bridgehead atoms. The summed E-state index contributed by atoms with van der Waals surface area (Å²) in [5.74, 6) is -2.18. The van der Waals surface area contributed by atoms with E-state index in [2.05, 4.69) is 0 Å². The van der Waals surface area contributed by atoms with Crippen LogP contribution in [0.2, 0.25) is 0 Å². The van der Waals surface area contributed by atoms with E-state index in [0.717, 1.165) is 5.56 Å². The summed E-state index contributed by atoms with van der Waals surface area (Å²) in [5, 5.41) is 10.8. The lowest BCUT2D eigenvalue weighted by Crippen LogP contribution is -2.31. The molecule has 1 atom stereocenters. The van der Waals surface area contributed by atoms with Crippen LogP contribution in [-0.2, 0) is 19.4 Å². The Kier molecular flexibility index (Phi) is 6.26. The number of nitrogens with zero attached hydrogens (tertiary/aromatic N) is 1. The fourth-order valence-electron chi connectivity index (χ4n) is 3.87. The lowest BCUT2D eigenvalue weighted by atomic mass is 10.0. The van der Waals surface area contributed by atoms with Gasteiger partial charge in [-0.1, -0.05) is 48.0 Å². The number of carbonyl (C=O) groups excluding carboxylic acids is 2. The van der Waals surface area contributed by atoms with Crippen molar-refractivity contribution in [1.82, 2.24) is 0 Å². The van der Waals surface area contributed by atoms with E-state index in [1.165, 1.54) is 41.3 Å². The van der Waals surface area contributed by atoms with E-state index in [-0.39, 0.29) is 16.4 Å². The first-order valence-corrected chi connectivity index (χ1v) is 12.1. The number of aliphatic hydroxyl groups is 1. The number of aryl methyl sites for hydroxylation is 1. The molecule has 1 aliphatic heterocycles. The Morgan fingerprint density at radius 2 is 1.59 bits per heavy atom. The van der Waals surface area contributed by atoms with Crippen LogP contribution in [0.3, 0.4) is 0 Å². The van der Waals surface area contributed by atoms with E-state index in [0.29, 0.717) is 16.8 Å². The molecule has 34 heavy (non-hydrogen) atoms. The van der Waals surface area contributed by atoms with Crippen molar-refractivity contribution in [2.24, 2.45) is 0 Å². The summed E-state index contributed by atoms with van der Waals surface area (Å²) in [6.45, 7) is 3.81. The molecule has 0 radical (unpaired) electrons. The number of benzene rings is 3. The molecular weight excluding hydrogens is 454 g/mol. The molecule has 1 aliphatic rings. The molecule has 1 amide bonds. The minimum Gasteiger partial charge on any atom is -0.502 e. The summed E-state index contributed by atoms with van der Waals surface area (Å²) in [6, 6.07) is 19.7. The van der Waals surface area contributed by atoms with Gasteiger partial charge in [-0.05, 0) is 55.8 Å². The standard InChI is InChI=1S/C26H23NO6S/c1-3-33-26(30)19-13-15-20(16-14-19)27-22(18-11-9-17(2)10-12-18)24(23(28)25(27)29)34(31,32)21-7-5-4-6-8-21/h4-16,22,28H,3H2,1-2H3/t22-/m1/s1. The third-order valence-electron chi connectivity index (χ3n) is 5.55. The first-order valence-electron chi connectivity index (χ1n) is 10.7. The minimum atomic E-state index is -4.21. The van der Waals surface area contributed by atoms with Crippen molar-refractivity contribution in [3.05, 3.63) is 106 Å². The van der Waals surface area contributed by atoms with Gasteiger partial charge in [0.15, 0.2) is 5.76 Å². The monoisotopic (exact) mass is 477 g/mol. The van der Waals surface area contributed by atoms with Gasteiger partial charge in [-0.3, -0.25) is 9.69 Å². The molecule has 4 rings (SSSR count). The Bertz CT molecular complexity index is 1360. The van der Waals surface area contributed by atoms with Gasteiger partial charge in [0, 0.05) is 5.69 Å². The second-order valence-electron chi connectivity index (χ2n) is 7.79. The molecule has 7 nitrogen and oxygen atoms in total. The van der Waals surface area contributed by atoms with Gasteiger partial charge >= 0.3 is 5.97 Å². The average Bonchev–Trinajstić information content (AvgIpc) is 3.11. The number of amides is 1. The summed E-state index contributed by atoms with van der Waals surface area (Å²) in [6.07, 6.45) is 0. The fourth-order valence-corrected chi connectivity index (χ4v) is 5.52. The van der Waals surface area contributed by atoms with Gasteiger partial charge in [-0.25, -0.2) is 13.2 Å². The van der Waals surface area contributed by atoms with Crippen LogP contribution in [0.25, 0.3) is 0 Å². The van der Waals surface area contributed by atoms with E-state index in [1.807, 2.05) is 19.1 Å². The number of hydrogen-bond acceptors (Lipinski definition) is 6. The normalized spacial score (nSPS) is 16.1. The van der Waals surface area contributed by atoms with Gasteiger partial charge in [0.2, 0.25) is 9.84 Å². The highest BCUT2D eigenvalue weighted by Gasteiger charge is 2.47. The second kappa shape index (κ2) is 9.15. The molecule has 0 spiro atoms. The van der Waals surface area contributed by atoms with E-state index in [9.17, 15) is 23.1 Å². The van der Waals surface area contributed by atoms with Crippen LogP contribution in [0.5, 0.6) is 0 Å².